The highest BCUT2D eigenvalue weighted by Gasteiger charge is 2.34. The van der Waals surface area contributed by atoms with Crippen LogP contribution in [0.4, 0.5) is 0 Å². The van der Waals surface area contributed by atoms with Gasteiger partial charge in [0.2, 0.25) is 11.8 Å². The maximum atomic E-state index is 5.90. The predicted octanol–water partition coefficient (Wildman–Crippen LogP) is 2.25. The Morgan fingerprint density at radius 1 is 1.12 bits per heavy atom. The summed E-state index contributed by atoms with van der Waals surface area (Å²) in [5.41, 5.74) is 2.68. The second-order valence-electron chi connectivity index (χ2n) is 7.05. The number of fused-ring (bicyclic) bond motifs is 1. The Balaban J connectivity index is 1.48. The van der Waals surface area contributed by atoms with Crippen molar-refractivity contribution in [2.45, 2.75) is 57.8 Å². The van der Waals surface area contributed by atoms with E-state index in [1.165, 1.54) is 11.1 Å². The van der Waals surface area contributed by atoms with E-state index < -0.39 is 0 Å². The third kappa shape index (κ3) is 2.80. The molecule has 134 valence electrons. The van der Waals surface area contributed by atoms with Gasteiger partial charge in [-0.05, 0) is 40.8 Å². The quantitative estimate of drug-likeness (QED) is 0.697. The SMILES string of the molecule is CCc1nnc([C@@H]2Cc3ccccc3CN2Cc2nnnn2C2CC2)o1. The first kappa shape index (κ1) is 15.6. The molecule has 0 amide bonds. The highest BCUT2D eigenvalue weighted by molar-refractivity contribution is 5.30. The summed E-state index contributed by atoms with van der Waals surface area (Å²) in [5.74, 6) is 2.27. The molecular formula is C18H21N7O. The van der Waals surface area contributed by atoms with E-state index in [0.29, 0.717) is 24.4 Å². The van der Waals surface area contributed by atoms with Crippen LogP contribution in [0.25, 0.3) is 0 Å². The number of nitrogens with zero attached hydrogens (tertiary/aromatic N) is 7. The van der Waals surface area contributed by atoms with Gasteiger partial charge in [0.05, 0.1) is 18.6 Å². The van der Waals surface area contributed by atoms with Gasteiger partial charge in [-0.2, -0.15) is 0 Å². The first-order valence-corrected chi connectivity index (χ1v) is 9.21. The van der Waals surface area contributed by atoms with Crippen LogP contribution in [-0.4, -0.2) is 35.3 Å². The van der Waals surface area contributed by atoms with Crippen molar-refractivity contribution in [3.63, 3.8) is 0 Å². The van der Waals surface area contributed by atoms with Crippen LogP contribution in [0.2, 0.25) is 0 Å². The molecule has 0 unspecified atom stereocenters. The highest BCUT2D eigenvalue weighted by atomic mass is 16.4. The monoisotopic (exact) mass is 351 g/mol. The van der Waals surface area contributed by atoms with Gasteiger partial charge in [-0.1, -0.05) is 31.2 Å². The summed E-state index contributed by atoms with van der Waals surface area (Å²) in [6, 6.07) is 9.06. The van der Waals surface area contributed by atoms with Gasteiger partial charge in [-0.25, -0.2) is 4.68 Å². The standard InChI is InChI=1S/C18H21N7O/c1-2-17-20-21-18(26-17)15-9-12-5-3-4-6-13(12)10-24(15)11-16-19-22-23-25(16)14-7-8-14/h3-6,14-15H,2,7-11H2,1H3/t15-/m0/s1. The zero-order valence-electron chi connectivity index (χ0n) is 14.7. The van der Waals surface area contributed by atoms with E-state index in [4.69, 9.17) is 4.42 Å². The van der Waals surface area contributed by atoms with Crippen molar-refractivity contribution in [2.75, 3.05) is 0 Å². The van der Waals surface area contributed by atoms with Crippen molar-refractivity contribution < 1.29 is 4.42 Å². The number of hydrogen-bond donors (Lipinski definition) is 0. The summed E-state index contributed by atoms with van der Waals surface area (Å²) in [5, 5.41) is 20.8. The smallest absolute Gasteiger partial charge is 0.233 e. The molecule has 3 heterocycles. The molecule has 0 N–H and O–H groups in total. The van der Waals surface area contributed by atoms with Gasteiger partial charge in [0.1, 0.15) is 0 Å². The maximum absolute atomic E-state index is 5.90. The molecule has 2 aliphatic rings. The fourth-order valence-electron chi connectivity index (χ4n) is 3.63. The molecule has 0 bridgehead atoms. The fourth-order valence-corrected chi connectivity index (χ4v) is 3.63. The predicted molar refractivity (Wildman–Crippen MR) is 91.9 cm³/mol. The first-order valence-electron chi connectivity index (χ1n) is 9.21. The van der Waals surface area contributed by atoms with Crippen LogP contribution >= 0.6 is 0 Å². The lowest BCUT2D eigenvalue weighted by molar-refractivity contribution is 0.131. The summed E-state index contributed by atoms with van der Waals surface area (Å²) in [4.78, 5) is 2.35. The summed E-state index contributed by atoms with van der Waals surface area (Å²) < 4.78 is 7.88. The van der Waals surface area contributed by atoms with Crippen LogP contribution in [0, 0.1) is 0 Å². The van der Waals surface area contributed by atoms with Crippen molar-refractivity contribution in [3.05, 3.63) is 53.0 Å². The van der Waals surface area contributed by atoms with Crippen molar-refractivity contribution in [3.8, 4) is 0 Å². The van der Waals surface area contributed by atoms with Crippen LogP contribution in [0.3, 0.4) is 0 Å². The fraction of sp³-hybridized carbons (Fsp3) is 0.500. The van der Waals surface area contributed by atoms with Crippen LogP contribution in [0.5, 0.6) is 0 Å². The Bertz CT molecular complexity index is 914. The Kier molecular flexibility index (Phi) is 3.77. The lowest BCUT2D eigenvalue weighted by Gasteiger charge is -2.34. The summed E-state index contributed by atoms with van der Waals surface area (Å²) >= 11 is 0. The molecule has 8 nitrogen and oxygen atoms in total. The van der Waals surface area contributed by atoms with E-state index in [1.807, 2.05) is 11.6 Å². The van der Waals surface area contributed by atoms with Gasteiger partial charge in [0.15, 0.2) is 5.82 Å². The number of aromatic nitrogens is 6. The number of hydrogen-bond acceptors (Lipinski definition) is 7. The molecule has 0 spiro atoms. The Labute approximate surface area is 151 Å². The molecule has 2 aromatic heterocycles. The Morgan fingerprint density at radius 2 is 1.96 bits per heavy atom. The summed E-state index contributed by atoms with van der Waals surface area (Å²) in [6.07, 6.45) is 3.92. The molecule has 1 aliphatic carbocycles. The normalized spacial score (nSPS) is 20.3. The van der Waals surface area contributed by atoms with Gasteiger partial charge in [0, 0.05) is 13.0 Å². The molecule has 1 aromatic carbocycles. The molecule has 3 aromatic rings. The number of aryl methyl sites for hydroxylation is 1. The largest absolute Gasteiger partial charge is 0.424 e. The summed E-state index contributed by atoms with van der Waals surface area (Å²) in [6.45, 7) is 3.52. The number of benzene rings is 1. The second kappa shape index (κ2) is 6.28. The van der Waals surface area contributed by atoms with Crippen molar-refractivity contribution in [1.29, 1.82) is 0 Å². The maximum Gasteiger partial charge on any atom is 0.233 e. The van der Waals surface area contributed by atoms with Crippen molar-refractivity contribution >= 4 is 0 Å². The lowest BCUT2D eigenvalue weighted by Crippen LogP contribution is -2.35. The number of rotatable bonds is 5. The van der Waals surface area contributed by atoms with Crippen LogP contribution in [0.15, 0.2) is 28.7 Å². The van der Waals surface area contributed by atoms with E-state index in [1.54, 1.807) is 0 Å². The van der Waals surface area contributed by atoms with E-state index in [2.05, 4.69) is 54.9 Å². The van der Waals surface area contributed by atoms with Crippen molar-refractivity contribution in [1.82, 2.24) is 35.3 Å². The minimum atomic E-state index is 0.0436. The number of tetrazole rings is 1. The van der Waals surface area contributed by atoms with Crippen molar-refractivity contribution in [2.24, 2.45) is 0 Å². The van der Waals surface area contributed by atoms with E-state index >= 15 is 0 Å². The molecule has 8 heteroatoms. The highest BCUT2D eigenvalue weighted by Crippen LogP contribution is 2.37. The third-order valence-electron chi connectivity index (χ3n) is 5.21. The molecular weight excluding hydrogens is 330 g/mol. The molecule has 5 rings (SSSR count). The second-order valence-corrected chi connectivity index (χ2v) is 7.05. The third-order valence-corrected chi connectivity index (χ3v) is 5.21. The molecule has 0 saturated heterocycles. The average molecular weight is 351 g/mol. The minimum Gasteiger partial charge on any atom is -0.424 e. The van der Waals surface area contributed by atoms with Gasteiger partial charge >= 0.3 is 0 Å². The Hall–Kier alpha value is -2.61. The van der Waals surface area contributed by atoms with Gasteiger partial charge in [-0.3, -0.25) is 4.90 Å². The molecule has 0 radical (unpaired) electrons. The zero-order chi connectivity index (χ0) is 17.5. The molecule has 1 aliphatic heterocycles. The van der Waals surface area contributed by atoms with Gasteiger partial charge in [-0.15, -0.1) is 15.3 Å². The topological polar surface area (TPSA) is 85.8 Å². The first-order chi connectivity index (χ1) is 12.8. The van der Waals surface area contributed by atoms with E-state index in [0.717, 1.165) is 38.1 Å². The minimum absolute atomic E-state index is 0.0436. The van der Waals surface area contributed by atoms with Gasteiger partial charge < -0.3 is 4.42 Å². The van der Waals surface area contributed by atoms with Crippen LogP contribution in [0.1, 0.15) is 60.6 Å². The molecule has 1 atom stereocenters. The van der Waals surface area contributed by atoms with E-state index in [9.17, 15) is 0 Å². The molecule has 1 saturated carbocycles. The molecule has 1 fully saturated rings. The zero-order valence-corrected chi connectivity index (χ0v) is 14.7. The van der Waals surface area contributed by atoms with Crippen LogP contribution < -0.4 is 0 Å². The average Bonchev–Trinajstić information content (AvgIpc) is 3.22. The molecule has 26 heavy (non-hydrogen) atoms. The Morgan fingerprint density at radius 3 is 2.73 bits per heavy atom. The van der Waals surface area contributed by atoms with Gasteiger partial charge in [0.25, 0.3) is 0 Å². The lowest BCUT2D eigenvalue weighted by atomic mass is 9.94. The van der Waals surface area contributed by atoms with E-state index in [-0.39, 0.29) is 6.04 Å². The summed E-state index contributed by atoms with van der Waals surface area (Å²) in [7, 11) is 0. The van der Waals surface area contributed by atoms with Crippen LogP contribution in [-0.2, 0) is 25.9 Å².